The van der Waals surface area contributed by atoms with Gasteiger partial charge in [-0.05, 0) is 44.9 Å². The zero-order chi connectivity index (χ0) is 15.0. The summed E-state index contributed by atoms with van der Waals surface area (Å²) >= 11 is 0. The highest BCUT2D eigenvalue weighted by Gasteiger charge is 2.37. The molecular formula is C14H22N2O4S. The number of fused-ring (bicyclic) bond motifs is 2. The molecular weight excluding hydrogens is 292 g/mol. The molecule has 1 aromatic rings. The van der Waals surface area contributed by atoms with Crippen molar-refractivity contribution in [2.24, 2.45) is 0 Å². The van der Waals surface area contributed by atoms with E-state index in [1.807, 2.05) is 0 Å². The molecule has 2 aliphatic rings. The van der Waals surface area contributed by atoms with Crippen LogP contribution in [0.25, 0.3) is 0 Å². The smallest absolute Gasteiger partial charge is 0.274 e. The monoisotopic (exact) mass is 314 g/mol. The molecule has 2 saturated heterocycles. The van der Waals surface area contributed by atoms with Crippen molar-refractivity contribution < 1.29 is 17.9 Å². The largest absolute Gasteiger partial charge is 0.446 e. The summed E-state index contributed by atoms with van der Waals surface area (Å²) in [5, 5.41) is 8.85. The van der Waals surface area contributed by atoms with Gasteiger partial charge in [0.2, 0.25) is 5.09 Å². The molecule has 0 spiro atoms. The first kappa shape index (κ1) is 15.0. The Hall–Kier alpha value is -0.890. The van der Waals surface area contributed by atoms with Crippen LogP contribution in [0.3, 0.4) is 0 Å². The molecule has 3 heterocycles. The molecule has 6 nitrogen and oxygen atoms in total. The molecule has 118 valence electrons. The van der Waals surface area contributed by atoms with Crippen molar-refractivity contribution in [3.8, 4) is 0 Å². The van der Waals surface area contributed by atoms with Crippen molar-refractivity contribution in [2.45, 2.75) is 61.9 Å². The van der Waals surface area contributed by atoms with E-state index >= 15 is 0 Å². The number of hydrogen-bond acceptors (Lipinski definition) is 5. The van der Waals surface area contributed by atoms with Crippen LogP contribution >= 0.6 is 0 Å². The number of sulfonamides is 1. The second-order valence-corrected chi connectivity index (χ2v) is 7.72. The zero-order valence-corrected chi connectivity index (χ0v) is 13.0. The molecule has 0 radical (unpaired) electrons. The van der Waals surface area contributed by atoms with Gasteiger partial charge in [-0.2, -0.15) is 0 Å². The maximum Gasteiger partial charge on any atom is 0.274 e. The number of aliphatic hydroxyl groups is 1. The number of rotatable bonds is 4. The summed E-state index contributed by atoms with van der Waals surface area (Å²) in [5.41, 5.74) is 0. The van der Waals surface area contributed by atoms with E-state index in [1.165, 1.54) is 18.6 Å². The van der Waals surface area contributed by atoms with Crippen LogP contribution in [0.15, 0.2) is 21.6 Å². The second-order valence-electron chi connectivity index (χ2n) is 6.07. The van der Waals surface area contributed by atoms with Crippen molar-refractivity contribution in [2.75, 3.05) is 7.05 Å². The van der Waals surface area contributed by atoms with Crippen molar-refractivity contribution in [1.82, 2.24) is 9.62 Å². The molecule has 2 aliphatic heterocycles. The van der Waals surface area contributed by atoms with Crippen LogP contribution < -0.4 is 4.72 Å². The van der Waals surface area contributed by atoms with E-state index in [0.717, 1.165) is 25.7 Å². The molecule has 2 unspecified atom stereocenters. The maximum atomic E-state index is 12.3. The van der Waals surface area contributed by atoms with E-state index in [0.29, 0.717) is 12.1 Å². The number of nitrogens with one attached hydrogen (secondary N) is 1. The molecule has 0 aliphatic carbocycles. The minimum absolute atomic E-state index is 0.0378. The van der Waals surface area contributed by atoms with Gasteiger partial charge in [-0.15, -0.1) is 0 Å². The lowest BCUT2D eigenvalue weighted by molar-refractivity contribution is 0.0535. The maximum absolute atomic E-state index is 12.3. The number of furan rings is 1. The van der Waals surface area contributed by atoms with E-state index < -0.39 is 10.0 Å². The Kier molecular flexibility index (Phi) is 4.09. The topological polar surface area (TPSA) is 82.8 Å². The Bertz CT molecular complexity index is 584. The summed E-state index contributed by atoms with van der Waals surface area (Å²) < 4.78 is 32.6. The number of nitrogens with zero attached hydrogens (tertiary/aromatic N) is 1. The summed E-state index contributed by atoms with van der Waals surface area (Å²) in [7, 11) is -1.51. The predicted octanol–water partition coefficient (Wildman–Crippen LogP) is 1.07. The summed E-state index contributed by atoms with van der Waals surface area (Å²) in [6.07, 6.45) is 5.21. The fourth-order valence-electron chi connectivity index (χ4n) is 3.58. The average Bonchev–Trinajstić information content (AvgIpc) is 2.89. The van der Waals surface area contributed by atoms with Gasteiger partial charge in [-0.3, -0.25) is 0 Å². The predicted molar refractivity (Wildman–Crippen MR) is 77.2 cm³/mol. The third-order valence-electron chi connectivity index (χ3n) is 4.72. The van der Waals surface area contributed by atoms with Gasteiger partial charge in [0.25, 0.3) is 10.0 Å². The highest BCUT2D eigenvalue weighted by atomic mass is 32.2. The fourth-order valence-corrected chi connectivity index (χ4v) is 4.79. The molecule has 0 aromatic carbocycles. The second kappa shape index (κ2) is 5.72. The first-order valence-electron chi connectivity index (χ1n) is 7.43. The van der Waals surface area contributed by atoms with E-state index in [4.69, 9.17) is 9.52 Å². The van der Waals surface area contributed by atoms with E-state index in [-0.39, 0.29) is 23.5 Å². The number of piperidine rings is 2. The van der Waals surface area contributed by atoms with Gasteiger partial charge >= 0.3 is 0 Å². The van der Waals surface area contributed by atoms with Crippen molar-refractivity contribution in [1.29, 1.82) is 0 Å². The van der Waals surface area contributed by atoms with Crippen molar-refractivity contribution in [3.05, 3.63) is 17.9 Å². The quantitative estimate of drug-likeness (QED) is 0.868. The Labute approximate surface area is 125 Å². The summed E-state index contributed by atoms with van der Waals surface area (Å²) in [4.78, 5) is 2.39. The third kappa shape index (κ3) is 3.01. The molecule has 21 heavy (non-hydrogen) atoms. The summed E-state index contributed by atoms with van der Waals surface area (Å²) in [6, 6.07) is 3.77. The Morgan fingerprint density at radius 3 is 2.57 bits per heavy atom. The molecule has 2 bridgehead atoms. The molecule has 2 N–H and O–H groups in total. The molecule has 1 aromatic heterocycles. The molecule has 2 fully saturated rings. The van der Waals surface area contributed by atoms with Gasteiger partial charge in [-0.1, -0.05) is 6.42 Å². The van der Waals surface area contributed by atoms with Gasteiger partial charge in [0.05, 0.1) is 0 Å². The van der Waals surface area contributed by atoms with Gasteiger partial charge in [0, 0.05) is 18.1 Å². The molecule has 0 saturated carbocycles. The first-order valence-corrected chi connectivity index (χ1v) is 8.92. The number of hydrogen-bond donors (Lipinski definition) is 2. The third-order valence-corrected chi connectivity index (χ3v) is 6.11. The Balaban J connectivity index is 1.71. The van der Waals surface area contributed by atoms with Crippen LogP contribution in [0.4, 0.5) is 0 Å². The zero-order valence-electron chi connectivity index (χ0n) is 12.2. The van der Waals surface area contributed by atoms with Crippen LogP contribution in [0.2, 0.25) is 0 Å². The van der Waals surface area contributed by atoms with Gasteiger partial charge in [-0.25, -0.2) is 13.1 Å². The van der Waals surface area contributed by atoms with E-state index in [2.05, 4.69) is 16.7 Å². The van der Waals surface area contributed by atoms with Crippen LogP contribution in [-0.2, 0) is 16.6 Å². The summed E-state index contributed by atoms with van der Waals surface area (Å²) in [6.45, 7) is -0.298. The van der Waals surface area contributed by atoms with Gasteiger partial charge in [0.15, 0.2) is 0 Å². The normalized spacial score (nSPS) is 30.5. The lowest BCUT2D eigenvalue weighted by Gasteiger charge is -2.47. The van der Waals surface area contributed by atoms with Crippen LogP contribution in [0.1, 0.15) is 37.9 Å². The Morgan fingerprint density at radius 1 is 1.33 bits per heavy atom. The van der Waals surface area contributed by atoms with E-state index in [1.54, 1.807) is 0 Å². The van der Waals surface area contributed by atoms with Crippen LogP contribution in [-0.4, -0.2) is 43.6 Å². The highest BCUT2D eigenvalue weighted by Crippen LogP contribution is 2.33. The molecule has 3 rings (SSSR count). The minimum Gasteiger partial charge on any atom is -0.446 e. The average molecular weight is 314 g/mol. The standard InChI is InChI=1S/C14H22N2O4S/c1-16-11-3-2-4-12(16)8-10(7-11)15-21(18,19)14-6-5-13(9-17)20-14/h5-6,10-12,15,17H,2-4,7-9H2,1H3. The van der Waals surface area contributed by atoms with Crippen LogP contribution in [0, 0.1) is 0 Å². The highest BCUT2D eigenvalue weighted by molar-refractivity contribution is 7.89. The minimum atomic E-state index is -3.64. The van der Waals surface area contributed by atoms with Gasteiger partial charge in [0.1, 0.15) is 12.4 Å². The molecule has 7 heteroatoms. The lowest BCUT2D eigenvalue weighted by atomic mass is 9.83. The first-order chi connectivity index (χ1) is 9.99. The van der Waals surface area contributed by atoms with Crippen LogP contribution in [0.5, 0.6) is 0 Å². The SMILES string of the molecule is CN1C2CCCC1CC(NS(=O)(=O)c1ccc(CO)o1)C2. The lowest BCUT2D eigenvalue weighted by Crippen LogP contribution is -2.55. The number of aliphatic hydroxyl groups excluding tert-OH is 1. The van der Waals surface area contributed by atoms with Crippen molar-refractivity contribution >= 4 is 10.0 Å². The van der Waals surface area contributed by atoms with E-state index in [9.17, 15) is 8.42 Å². The van der Waals surface area contributed by atoms with Gasteiger partial charge < -0.3 is 14.4 Å². The Morgan fingerprint density at radius 2 is 2.00 bits per heavy atom. The molecule has 2 atom stereocenters. The van der Waals surface area contributed by atoms with Crippen molar-refractivity contribution in [3.63, 3.8) is 0 Å². The molecule has 0 amide bonds. The summed E-state index contributed by atoms with van der Waals surface area (Å²) in [5.74, 6) is 0.260. The fraction of sp³-hybridized carbons (Fsp3) is 0.714.